The van der Waals surface area contributed by atoms with Crippen molar-refractivity contribution in [1.82, 2.24) is 15.3 Å². The number of aromatic nitrogens is 2. The molecule has 1 aliphatic rings. The van der Waals surface area contributed by atoms with E-state index in [1.54, 1.807) is 25.1 Å². The zero-order valence-electron chi connectivity index (χ0n) is 20.5. The van der Waals surface area contributed by atoms with Crippen LogP contribution in [-0.4, -0.2) is 28.2 Å². The van der Waals surface area contributed by atoms with E-state index >= 15 is 0 Å². The maximum absolute atomic E-state index is 9.63. The van der Waals surface area contributed by atoms with E-state index in [1.807, 2.05) is 38.2 Å². The molecule has 0 radical (unpaired) electrons. The predicted octanol–water partition coefficient (Wildman–Crippen LogP) is 6.02. The van der Waals surface area contributed by atoms with Crippen molar-refractivity contribution in [2.24, 2.45) is 4.99 Å². The van der Waals surface area contributed by atoms with Gasteiger partial charge < -0.3 is 15.0 Å². The summed E-state index contributed by atoms with van der Waals surface area (Å²) in [5, 5.41) is 14.1. The van der Waals surface area contributed by atoms with Gasteiger partial charge in [0.15, 0.2) is 0 Å². The number of ether oxygens (including phenoxy) is 1. The standard InChI is InChI=1S/C28H31N5OS/c1-18(2)34-27-12-11-20(13-21(27)14-29)28(30-4)35-19(3)23-7-5-9-25-24(23)8-6-10-26(25)32-16-22-15-31-17-33-22/h5,7,9,11-13,15,17-18,26,32H,3,6,8,10,16H2,1-2,4H3,(H,31,33)/t26-/m0/s1. The average Bonchev–Trinajstić information content (AvgIpc) is 3.39. The molecule has 2 aromatic carbocycles. The number of thioether (sulfide) groups is 1. The number of fused-ring (bicyclic) bond motifs is 1. The Kier molecular flexibility index (Phi) is 8.06. The first-order valence-corrected chi connectivity index (χ1v) is 12.7. The first-order chi connectivity index (χ1) is 17.0. The summed E-state index contributed by atoms with van der Waals surface area (Å²) < 4.78 is 5.77. The highest BCUT2D eigenvalue weighted by Gasteiger charge is 2.23. The van der Waals surface area contributed by atoms with Gasteiger partial charge in [-0.15, -0.1) is 0 Å². The minimum absolute atomic E-state index is 0.00322. The van der Waals surface area contributed by atoms with Gasteiger partial charge in [-0.1, -0.05) is 36.5 Å². The highest BCUT2D eigenvalue weighted by atomic mass is 32.2. The molecule has 0 fully saturated rings. The number of rotatable bonds is 8. The van der Waals surface area contributed by atoms with Crippen LogP contribution in [-0.2, 0) is 13.0 Å². The van der Waals surface area contributed by atoms with Crippen LogP contribution in [0.5, 0.6) is 5.75 Å². The fourth-order valence-electron chi connectivity index (χ4n) is 4.45. The predicted molar refractivity (Wildman–Crippen MR) is 144 cm³/mol. The third-order valence-corrected chi connectivity index (χ3v) is 7.11. The Morgan fingerprint density at radius 1 is 1.37 bits per heavy atom. The second-order valence-corrected chi connectivity index (χ2v) is 9.90. The van der Waals surface area contributed by atoms with Crippen LogP contribution in [0.15, 0.2) is 60.5 Å². The first-order valence-electron chi connectivity index (χ1n) is 11.9. The molecule has 1 aliphatic carbocycles. The third-order valence-electron chi connectivity index (χ3n) is 6.03. The van der Waals surface area contributed by atoms with Gasteiger partial charge in [0, 0.05) is 42.0 Å². The molecule has 2 N–H and O–H groups in total. The summed E-state index contributed by atoms with van der Waals surface area (Å²) in [6.45, 7) is 9.07. The van der Waals surface area contributed by atoms with Crippen LogP contribution in [0.4, 0.5) is 0 Å². The molecule has 0 spiro atoms. The fourth-order valence-corrected chi connectivity index (χ4v) is 5.32. The Balaban J connectivity index is 1.54. The molecule has 6 nitrogen and oxygen atoms in total. The first kappa shape index (κ1) is 24.8. The van der Waals surface area contributed by atoms with Crippen molar-refractivity contribution < 1.29 is 4.74 Å². The summed E-state index contributed by atoms with van der Waals surface area (Å²) >= 11 is 1.55. The number of imidazole rings is 1. The zero-order valence-corrected chi connectivity index (χ0v) is 21.3. The molecule has 3 aromatic rings. The molecule has 1 aromatic heterocycles. The van der Waals surface area contributed by atoms with Gasteiger partial charge in [-0.2, -0.15) is 5.26 Å². The zero-order chi connectivity index (χ0) is 24.8. The molecule has 0 aliphatic heterocycles. The van der Waals surface area contributed by atoms with E-state index in [0.717, 1.165) is 47.0 Å². The van der Waals surface area contributed by atoms with Crippen molar-refractivity contribution >= 4 is 21.7 Å². The van der Waals surface area contributed by atoms with E-state index in [0.29, 0.717) is 17.4 Å². The molecule has 0 bridgehead atoms. The Morgan fingerprint density at radius 3 is 2.94 bits per heavy atom. The molecular weight excluding hydrogens is 454 g/mol. The molecule has 0 saturated heterocycles. The lowest BCUT2D eigenvalue weighted by molar-refractivity contribution is 0.241. The molecule has 0 amide bonds. The number of hydrogen-bond acceptors (Lipinski definition) is 6. The van der Waals surface area contributed by atoms with Gasteiger partial charge in [0.25, 0.3) is 0 Å². The fraction of sp³-hybridized carbons (Fsp3) is 0.321. The number of aliphatic imine (C=N–C) groups is 1. The summed E-state index contributed by atoms with van der Waals surface area (Å²) in [5.41, 5.74) is 6.33. The Morgan fingerprint density at radius 2 is 2.23 bits per heavy atom. The van der Waals surface area contributed by atoms with Crippen molar-refractivity contribution in [3.63, 3.8) is 0 Å². The van der Waals surface area contributed by atoms with Crippen LogP contribution < -0.4 is 10.1 Å². The summed E-state index contributed by atoms with van der Waals surface area (Å²) in [6, 6.07) is 14.7. The molecule has 180 valence electrons. The largest absolute Gasteiger partial charge is 0.490 e. The van der Waals surface area contributed by atoms with E-state index < -0.39 is 0 Å². The average molecular weight is 486 g/mol. The summed E-state index contributed by atoms with van der Waals surface area (Å²) in [4.78, 5) is 12.8. The quantitative estimate of drug-likeness (QED) is 0.301. The molecular formula is C28H31N5OS. The van der Waals surface area contributed by atoms with Crippen LogP contribution in [0, 0.1) is 11.3 Å². The number of nitrogens with one attached hydrogen (secondary N) is 2. The van der Waals surface area contributed by atoms with Crippen LogP contribution in [0.2, 0.25) is 0 Å². The van der Waals surface area contributed by atoms with Crippen LogP contribution in [0.3, 0.4) is 0 Å². The van der Waals surface area contributed by atoms with Crippen molar-refractivity contribution in [1.29, 1.82) is 5.26 Å². The lowest BCUT2D eigenvalue weighted by Gasteiger charge is -2.28. The molecule has 0 unspecified atom stereocenters. The van der Waals surface area contributed by atoms with E-state index in [4.69, 9.17) is 4.74 Å². The van der Waals surface area contributed by atoms with Gasteiger partial charge in [0.05, 0.1) is 18.0 Å². The number of nitrogens with zero attached hydrogens (tertiary/aromatic N) is 3. The topological polar surface area (TPSA) is 86.1 Å². The molecule has 4 rings (SSSR count). The smallest absolute Gasteiger partial charge is 0.137 e. The monoisotopic (exact) mass is 485 g/mol. The van der Waals surface area contributed by atoms with Gasteiger partial charge in [0.1, 0.15) is 16.9 Å². The van der Waals surface area contributed by atoms with Crippen molar-refractivity contribution in [2.75, 3.05) is 7.05 Å². The minimum Gasteiger partial charge on any atom is -0.490 e. The molecule has 7 heteroatoms. The number of aromatic amines is 1. The van der Waals surface area contributed by atoms with E-state index in [1.165, 1.54) is 16.7 Å². The second-order valence-electron chi connectivity index (χ2n) is 8.82. The number of nitriles is 1. The highest BCUT2D eigenvalue weighted by molar-refractivity contribution is 8.22. The second kappa shape index (κ2) is 11.4. The lowest BCUT2D eigenvalue weighted by Crippen LogP contribution is -2.25. The normalized spacial score (nSPS) is 15.5. The Labute approximate surface area is 211 Å². The highest BCUT2D eigenvalue weighted by Crippen LogP contribution is 2.39. The summed E-state index contributed by atoms with van der Waals surface area (Å²) in [6.07, 6.45) is 6.84. The van der Waals surface area contributed by atoms with Crippen LogP contribution >= 0.6 is 11.8 Å². The molecule has 35 heavy (non-hydrogen) atoms. The number of hydrogen-bond donors (Lipinski definition) is 2. The van der Waals surface area contributed by atoms with Gasteiger partial charge in [-0.25, -0.2) is 4.98 Å². The van der Waals surface area contributed by atoms with E-state index in [9.17, 15) is 5.26 Å². The third kappa shape index (κ3) is 5.84. The molecule has 0 saturated carbocycles. The molecule has 1 heterocycles. The summed E-state index contributed by atoms with van der Waals surface area (Å²) in [7, 11) is 1.77. The summed E-state index contributed by atoms with van der Waals surface area (Å²) in [5.74, 6) is 0.594. The molecule has 1 atom stereocenters. The maximum atomic E-state index is 9.63. The number of benzene rings is 2. The van der Waals surface area contributed by atoms with Crippen LogP contribution in [0.25, 0.3) is 4.91 Å². The number of H-pyrrole nitrogens is 1. The lowest BCUT2D eigenvalue weighted by atomic mass is 9.84. The minimum atomic E-state index is 0.00322. The SMILES string of the molecule is C=C(SC(=NC)c1ccc(OC(C)C)c(C#N)c1)c1cccc2c1CCC[C@@H]2NCc1cnc[nH]1. The van der Waals surface area contributed by atoms with Gasteiger partial charge >= 0.3 is 0 Å². The maximum Gasteiger partial charge on any atom is 0.137 e. The van der Waals surface area contributed by atoms with E-state index in [2.05, 4.69) is 51.1 Å². The van der Waals surface area contributed by atoms with Crippen molar-refractivity contribution in [3.8, 4) is 11.8 Å². The Bertz CT molecular complexity index is 1260. The van der Waals surface area contributed by atoms with Crippen molar-refractivity contribution in [3.05, 3.63) is 89.0 Å². The van der Waals surface area contributed by atoms with Gasteiger partial charge in [-0.05, 0) is 68.0 Å². The van der Waals surface area contributed by atoms with Gasteiger partial charge in [-0.3, -0.25) is 4.99 Å². The van der Waals surface area contributed by atoms with Gasteiger partial charge in [0.2, 0.25) is 0 Å². The Hall–Kier alpha value is -3.34. The van der Waals surface area contributed by atoms with Crippen LogP contribution in [0.1, 0.15) is 66.2 Å². The van der Waals surface area contributed by atoms with E-state index in [-0.39, 0.29) is 6.10 Å². The van der Waals surface area contributed by atoms with Crippen molar-refractivity contribution in [2.45, 2.75) is 51.8 Å².